The first-order valence-electron chi connectivity index (χ1n) is 3.69. The minimum absolute atomic E-state index is 0.327. The highest BCUT2D eigenvalue weighted by Crippen LogP contribution is 2.13. The largest absolute Gasteiger partial charge is 0.367 e. The van der Waals surface area contributed by atoms with Crippen LogP contribution in [0.4, 0.5) is 11.1 Å². The second kappa shape index (κ2) is 4.06. The SMILES string of the molecule is C=CCC(C)Nc1nc(N)ns1. The summed E-state index contributed by atoms with van der Waals surface area (Å²) in [6.45, 7) is 5.70. The second-order valence-electron chi connectivity index (χ2n) is 2.53. The summed E-state index contributed by atoms with van der Waals surface area (Å²) < 4.78 is 3.85. The van der Waals surface area contributed by atoms with Gasteiger partial charge < -0.3 is 11.1 Å². The Balaban J connectivity index is 2.46. The van der Waals surface area contributed by atoms with Crippen LogP contribution < -0.4 is 11.1 Å². The smallest absolute Gasteiger partial charge is 0.233 e. The minimum atomic E-state index is 0.327. The Kier molecular flexibility index (Phi) is 3.04. The van der Waals surface area contributed by atoms with E-state index in [-0.39, 0.29) is 0 Å². The van der Waals surface area contributed by atoms with Crippen LogP contribution in [-0.4, -0.2) is 15.4 Å². The van der Waals surface area contributed by atoms with Crippen molar-refractivity contribution >= 4 is 22.6 Å². The van der Waals surface area contributed by atoms with Gasteiger partial charge in [0, 0.05) is 17.6 Å². The zero-order chi connectivity index (χ0) is 8.97. The zero-order valence-electron chi connectivity index (χ0n) is 6.95. The van der Waals surface area contributed by atoms with E-state index >= 15 is 0 Å². The van der Waals surface area contributed by atoms with Gasteiger partial charge in [-0.25, -0.2) is 0 Å². The van der Waals surface area contributed by atoms with Gasteiger partial charge >= 0.3 is 0 Å². The molecular weight excluding hydrogens is 172 g/mol. The molecule has 0 aromatic carbocycles. The molecule has 0 saturated heterocycles. The first kappa shape index (κ1) is 8.99. The van der Waals surface area contributed by atoms with Gasteiger partial charge in [0.25, 0.3) is 0 Å². The number of nitrogen functional groups attached to an aromatic ring is 1. The highest BCUT2D eigenvalue weighted by atomic mass is 32.1. The fourth-order valence-corrected chi connectivity index (χ4v) is 1.42. The van der Waals surface area contributed by atoms with Gasteiger partial charge in [-0.2, -0.15) is 9.36 Å². The molecule has 3 N–H and O–H groups in total. The van der Waals surface area contributed by atoms with Crippen molar-refractivity contribution in [1.29, 1.82) is 0 Å². The second-order valence-corrected chi connectivity index (χ2v) is 3.28. The number of nitrogens with two attached hydrogens (primary N) is 1. The Morgan fingerprint density at radius 2 is 2.58 bits per heavy atom. The normalized spacial score (nSPS) is 12.4. The molecule has 4 nitrogen and oxygen atoms in total. The van der Waals surface area contributed by atoms with Crippen LogP contribution in [0.1, 0.15) is 13.3 Å². The maximum atomic E-state index is 5.36. The van der Waals surface area contributed by atoms with Gasteiger partial charge in [-0.3, -0.25) is 0 Å². The molecule has 0 radical (unpaired) electrons. The molecular formula is C7H12N4S. The molecule has 0 bridgehead atoms. The summed E-state index contributed by atoms with van der Waals surface area (Å²) in [5.41, 5.74) is 5.36. The molecule has 1 atom stereocenters. The number of aromatic nitrogens is 2. The third-order valence-electron chi connectivity index (χ3n) is 1.33. The molecule has 0 aliphatic heterocycles. The van der Waals surface area contributed by atoms with Gasteiger partial charge in [-0.05, 0) is 13.3 Å². The summed E-state index contributed by atoms with van der Waals surface area (Å²) in [6, 6.07) is 0.329. The number of hydrogen-bond acceptors (Lipinski definition) is 5. The third-order valence-corrected chi connectivity index (χ3v) is 1.99. The summed E-state index contributed by atoms with van der Waals surface area (Å²) in [5.74, 6) is 0.327. The maximum Gasteiger partial charge on any atom is 0.233 e. The fraction of sp³-hybridized carbons (Fsp3) is 0.429. The Labute approximate surface area is 75.7 Å². The number of nitrogens with one attached hydrogen (secondary N) is 1. The van der Waals surface area contributed by atoms with Crippen molar-refractivity contribution in [3.05, 3.63) is 12.7 Å². The molecule has 66 valence electrons. The van der Waals surface area contributed by atoms with E-state index in [4.69, 9.17) is 5.73 Å². The predicted molar refractivity (Wildman–Crippen MR) is 52.2 cm³/mol. The van der Waals surface area contributed by atoms with Gasteiger partial charge in [0.2, 0.25) is 11.1 Å². The predicted octanol–water partition coefficient (Wildman–Crippen LogP) is 1.50. The van der Waals surface area contributed by atoms with Crippen molar-refractivity contribution in [3.63, 3.8) is 0 Å². The molecule has 1 unspecified atom stereocenters. The molecule has 1 rings (SSSR count). The summed E-state index contributed by atoms with van der Waals surface area (Å²) in [6.07, 6.45) is 2.77. The van der Waals surface area contributed by atoms with Crippen LogP contribution in [0.2, 0.25) is 0 Å². The van der Waals surface area contributed by atoms with Crippen LogP contribution >= 0.6 is 11.5 Å². The van der Waals surface area contributed by atoms with Crippen molar-refractivity contribution in [3.8, 4) is 0 Å². The van der Waals surface area contributed by atoms with Crippen molar-refractivity contribution in [2.24, 2.45) is 0 Å². The van der Waals surface area contributed by atoms with E-state index in [1.165, 1.54) is 11.5 Å². The Morgan fingerprint density at radius 1 is 1.83 bits per heavy atom. The molecule has 1 aromatic rings. The average molecular weight is 184 g/mol. The third kappa shape index (κ3) is 2.50. The lowest BCUT2D eigenvalue weighted by atomic mass is 10.2. The van der Waals surface area contributed by atoms with Gasteiger partial charge in [-0.15, -0.1) is 6.58 Å². The van der Waals surface area contributed by atoms with Crippen LogP contribution in [-0.2, 0) is 0 Å². The van der Waals surface area contributed by atoms with E-state index in [0.717, 1.165) is 11.6 Å². The molecule has 0 aliphatic carbocycles. The number of rotatable bonds is 4. The lowest BCUT2D eigenvalue weighted by molar-refractivity contribution is 0.812. The van der Waals surface area contributed by atoms with Crippen LogP contribution in [0.5, 0.6) is 0 Å². The quantitative estimate of drug-likeness (QED) is 0.696. The first-order chi connectivity index (χ1) is 5.72. The van der Waals surface area contributed by atoms with E-state index in [0.29, 0.717) is 12.0 Å². The van der Waals surface area contributed by atoms with E-state index in [1.807, 2.05) is 6.08 Å². The monoisotopic (exact) mass is 184 g/mol. The van der Waals surface area contributed by atoms with Crippen molar-refractivity contribution in [1.82, 2.24) is 9.36 Å². The standard InChI is InChI=1S/C7H12N4S/c1-3-4-5(2)9-7-10-6(8)11-12-7/h3,5H,1,4H2,2H3,(H3,8,9,10,11). The molecule has 0 amide bonds. The molecule has 12 heavy (non-hydrogen) atoms. The minimum Gasteiger partial charge on any atom is -0.367 e. The Morgan fingerprint density at radius 3 is 3.08 bits per heavy atom. The van der Waals surface area contributed by atoms with Gasteiger partial charge in [0.15, 0.2) is 0 Å². The number of nitrogens with zero attached hydrogens (tertiary/aromatic N) is 2. The van der Waals surface area contributed by atoms with Gasteiger partial charge in [0.1, 0.15) is 0 Å². The van der Waals surface area contributed by atoms with Crippen molar-refractivity contribution < 1.29 is 0 Å². The van der Waals surface area contributed by atoms with Gasteiger partial charge in [0.05, 0.1) is 0 Å². The molecule has 0 saturated carbocycles. The zero-order valence-corrected chi connectivity index (χ0v) is 7.77. The first-order valence-corrected chi connectivity index (χ1v) is 4.46. The van der Waals surface area contributed by atoms with E-state index in [9.17, 15) is 0 Å². The number of hydrogen-bond donors (Lipinski definition) is 2. The van der Waals surface area contributed by atoms with Crippen molar-refractivity contribution in [2.45, 2.75) is 19.4 Å². The van der Waals surface area contributed by atoms with E-state index in [2.05, 4.69) is 28.2 Å². The molecule has 0 aliphatic rings. The molecule has 0 fully saturated rings. The highest BCUT2D eigenvalue weighted by Gasteiger charge is 2.03. The summed E-state index contributed by atoms with van der Waals surface area (Å²) in [7, 11) is 0. The lowest BCUT2D eigenvalue weighted by Gasteiger charge is -2.08. The van der Waals surface area contributed by atoms with E-state index < -0.39 is 0 Å². The fourth-order valence-electron chi connectivity index (χ4n) is 0.813. The number of anilines is 2. The maximum absolute atomic E-state index is 5.36. The highest BCUT2D eigenvalue weighted by molar-refractivity contribution is 7.09. The Hall–Kier alpha value is -1.10. The van der Waals surface area contributed by atoms with Crippen LogP contribution in [0.15, 0.2) is 12.7 Å². The van der Waals surface area contributed by atoms with Crippen LogP contribution in [0, 0.1) is 0 Å². The lowest BCUT2D eigenvalue weighted by Crippen LogP contribution is -2.13. The van der Waals surface area contributed by atoms with Crippen LogP contribution in [0.3, 0.4) is 0 Å². The van der Waals surface area contributed by atoms with Crippen LogP contribution in [0.25, 0.3) is 0 Å². The summed E-state index contributed by atoms with van der Waals surface area (Å²) >= 11 is 1.27. The van der Waals surface area contributed by atoms with Gasteiger partial charge in [-0.1, -0.05) is 6.08 Å². The van der Waals surface area contributed by atoms with Crippen molar-refractivity contribution in [2.75, 3.05) is 11.1 Å². The summed E-state index contributed by atoms with van der Waals surface area (Å²) in [5, 5.41) is 3.92. The topological polar surface area (TPSA) is 63.8 Å². The molecule has 1 heterocycles. The Bertz CT molecular complexity index is 258. The molecule has 1 aromatic heterocycles. The molecule has 5 heteroatoms. The molecule has 0 spiro atoms. The average Bonchev–Trinajstić information content (AvgIpc) is 2.36. The summed E-state index contributed by atoms with van der Waals surface area (Å²) in [4.78, 5) is 3.97. The van der Waals surface area contributed by atoms with E-state index in [1.54, 1.807) is 0 Å².